The second-order valence-corrected chi connectivity index (χ2v) is 3.62. The fourth-order valence-electron chi connectivity index (χ4n) is 1.03. The van der Waals surface area contributed by atoms with E-state index < -0.39 is 5.92 Å². The largest absolute Gasteiger partial charge is 0.465 e. The zero-order chi connectivity index (χ0) is 11.4. The van der Waals surface area contributed by atoms with Crippen LogP contribution in [0.4, 0.5) is 0 Å². The Balaban J connectivity index is 2.73. The summed E-state index contributed by atoms with van der Waals surface area (Å²) in [6, 6.07) is 0. The number of hydrogen-bond donors (Lipinski definition) is 0. The molecule has 0 aromatic carbocycles. The fourth-order valence-corrected chi connectivity index (χ4v) is 1.03. The van der Waals surface area contributed by atoms with E-state index in [-0.39, 0.29) is 11.9 Å². The lowest BCUT2D eigenvalue weighted by molar-refractivity contribution is -0.145. The quantitative estimate of drug-likeness (QED) is 0.713. The average Bonchev–Trinajstić information content (AvgIpc) is 2.65. The van der Waals surface area contributed by atoms with E-state index in [9.17, 15) is 4.79 Å². The van der Waals surface area contributed by atoms with Gasteiger partial charge in [-0.1, -0.05) is 19.0 Å². The lowest BCUT2D eigenvalue weighted by atomic mass is 10.2. The van der Waals surface area contributed by atoms with Gasteiger partial charge in [0.2, 0.25) is 5.89 Å². The Morgan fingerprint density at radius 3 is 2.60 bits per heavy atom. The monoisotopic (exact) mass is 212 g/mol. The van der Waals surface area contributed by atoms with E-state index in [1.54, 1.807) is 13.8 Å². The molecule has 5 nitrogen and oxygen atoms in total. The molecule has 0 amide bonds. The summed E-state index contributed by atoms with van der Waals surface area (Å²) in [6.07, 6.45) is 0. The van der Waals surface area contributed by atoms with Crippen molar-refractivity contribution in [3.63, 3.8) is 0 Å². The summed E-state index contributed by atoms with van der Waals surface area (Å²) < 4.78 is 9.85. The van der Waals surface area contributed by atoms with Gasteiger partial charge in [-0.25, -0.2) is 0 Å². The first-order valence-corrected chi connectivity index (χ1v) is 5.06. The number of hydrogen-bond acceptors (Lipinski definition) is 5. The van der Waals surface area contributed by atoms with E-state index in [2.05, 4.69) is 10.1 Å². The molecule has 0 saturated heterocycles. The van der Waals surface area contributed by atoms with Gasteiger partial charge in [-0.3, -0.25) is 4.79 Å². The molecule has 1 heterocycles. The van der Waals surface area contributed by atoms with Crippen LogP contribution in [0.1, 0.15) is 51.2 Å². The van der Waals surface area contributed by atoms with Gasteiger partial charge in [-0.2, -0.15) is 4.98 Å². The van der Waals surface area contributed by atoms with Crippen molar-refractivity contribution in [3.05, 3.63) is 11.7 Å². The Hall–Kier alpha value is -1.39. The third kappa shape index (κ3) is 2.78. The maximum absolute atomic E-state index is 11.4. The van der Waals surface area contributed by atoms with Gasteiger partial charge in [0, 0.05) is 5.92 Å². The van der Waals surface area contributed by atoms with Crippen LogP contribution in [0.5, 0.6) is 0 Å². The molecule has 1 rings (SSSR count). The van der Waals surface area contributed by atoms with Gasteiger partial charge in [0.1, 0.15) is 5.92 Å². The molecule has 84 valence electrons. The second-order valence-electron chi connectivity index (χ2n) is 3.62. The molecule has 5 heteroatoms. The standard InChI is InChI=1S/C10H16N2O3/c1-5-14-10(13)7(4)9-11-8(6(2)3)12-15-9/h6-7H,5H2,1-4H3. The molecule has 0 aliphatic rings. The minimum atomic E-state index is -0.495. The number of nitrogens with zero attached hydrogens (tertiary/aromatic N) is 2. The number of carbonyl (C=O) groups excluding carboxylic acids is 1. The van der Waals surface area contributed by atoms with Gasteiger partial charge >= 0.3 is 5.97 Å². The van der Waals surface area contributed by atoms with Crippen molar-refractivity contribution in [3.8, 4) is 0 Å². The normalized spacial score (nSPS) is 12.9. The first-order valence-electron chi connectivity index (χ1n) is 5.06. The highest BCUT2D eigenvalue weighted by Gasteiger charge is 2.23. The minimum absolute atomic E-state index is 0.192. The maximum Gasteiger partial charge on any atom is 0.318 e. The van der Waals surface area contributed by atoms with Crippen LogP contribution in [-0.4, -0.2) is 22.7 Å². The molecule has 0 bridgehead atoms. The smallest absolute Gasteiger partial charge is 0.318 e. The van der Waals surface area contributed by atoms with Crippen LogP contribution in [0.3, 0.4) is 0 Å². The molecular formula is C10H16N2O3. The second kappa shape index (κ2) is 4.91. The van der Waals surface area contributed by atoms with E-state index in [4.69, 9.17) is 9.26 Å². The van der Waals surface area contributed by atoms with Crippen LogP contribution < -0.4 is 0 Å². The Kier molecular flexibility index (Phi) is 3.82. The summed E-state index contributed by atoms with van der Waals surface area (Å²) in [4.78, 5) is 15.5. The molecule has 0 aliphatic heterocycles. The van der Waals surface area contributed by atoms with Crippen molar-refractivity contribution >= 4 is 5.97 Å². The Bertz CT molecular complexity index is 333. The molecule has 0 N–H and O–H groups in total. The number of esters is 1. The van der Waals surface area contributed by atoms with Gasteiger partial charge in [0.25, 0.3) is 0 Å². The van der Waals surface area contributed by atoms with Crippen molar-refractivity contribution in [2.75, 3.05) is 6.61 Å². The van der Waals surface area contributed by atoms with Crippen LogP contribution in [-0.2, 0) is 9.53 Å². The van der Waals surface area contributed by atoms with E-state index >= 15 is 0 Å². The van der Waals surface area contributed by atoms with Gasteiger partial charge in [0.05, 0.1) is 6.61 Å². The molecule has 0 aliphatic carbocycles. The molecule has 1 unspecified atom stereocenters. The molecule has 1 aromatic heterocycles. The highest BCUT2D eigenvalue weighted by molar-refractivity contribution is 5.76. The maximum atomic E-state index is 11.4. The Labute approximate surface area is 88.8 Å². The van der Waals surface area contributed by atoms with E-state index in [0.29, 0.717) is 18.3 Å². The first kappa shape index (κ1) is 11.7. The SMILES string of the molecule is CCOC(=O)C(C)c1nc(C(C)C)no1. The Morgan fingerprint density at radius 2 is 2.13 bits per heavy atom. The van der Waals surface area contributed by atoms with Gasteiger partial charge in [0.15, 0.2) is 5.82 Å². The zero-order valence-electron chi connectivity index (χ0n) is 9.48. The van der Waals surface area contributed by atoms with Crippen LogP contribution in [0.15, 0.2) is 4.52 Å². The third-order valence-corrected chi connectivity index (χ3v) is 1.98. The summed E-state index contributed by atoms with van der Waals surface area (Å²) in [5.74, 6) is 0.289. The number of carbonyl (C=O) groups is 1. The molecule has 0 radical (unpaired) electrons. The molecular weight excluding hydrogens is 196 g/mol. The number of ether oxygens (including phenoxy) is 1. The van der Waals surface area contributed by atoms with Crippen molar-refractivity contribution in [1.82, 2.24) is 10.1 Å². The molecule has 1 aromatic rings. The topological polar surface area (TPSA) is 65.2 Å². The van der Waals surface area contributed by atoms with E-state index in [1.807, 2.05) is 13.8 Å². The third-order valence-electron chi connectivity index (χ3n) is 1.98. The van der Waals surface area contributed by atoms with Crippen molar-refractivity contribution < 1.29 is 14.1 Å². The molecule has 0 fully saturated rings. The predicted molar refractivity (Wildman–Crippen MR) is 53.4 cm³/mol. The highest BCUT2D eigenvalue weighted by Crippen LogP contribution is 2.17. The summed E-state index contributed by atoms with van der Waals surface area (Å²) in [5, 5.41) is 3.79. The summed E-state index contributed by atoms with van der Waals surface area (Å²) in [7, 11) is 0. The molecule has 0 spiro atoms. The molecule has 0 saturated carbocycles. The summed E-state index contributed by atoms with van der Waals surface area (Å²) in [5.41, 5.74) is 0. The van der Waals surface area contributed by atoms with Crippen molar-refractivity contribution in [2.45, 2.75) is 39.5 Å². The number of rotatable bonds is 4. The van der Waals surface area contributed by atoms with Crippen molar-refractivity contribution in [2.24, 2.45) is 0 Å². The minimum Gasteiger partial charge on any atom is -0.465 e. The van der Waals surface area contributed by atoms with Crippen LogP contribution in [0.2, 0.25) is 0 Å². The van der Waals surface area contributed by atoms with Gasteiger partial charge in [-0.15, -0.1) is 0 Å². The lowest BCUT2D eigenvalue weighted by Crippen LogP contribution is -2.13. The van der Waals surface area contributed by atoms with E-state index in [1.165, 1.54) is 0 Å². The van der Waals surface area contributed by atoms with E-state index in [0.717, 1.165) is 0 Å². The van der Waals surface area contributed by atoms with Crippen LogP contribution >= 0.6 is 0 Å². The average molecular weight is 212 g/mol. The molecule has 1 atom stereocenters. The van der Waals surface area contributed by atoms with Crippen molar-refractivity contribution in [1.29, 1.82) is 0 Å². The number of aromatic nitrogens is 2. The predicted octanol–water partition coefficient (Wildman–Crippen LogP) is 1.86. The highest BCUT2D eigenvalue weighted by atomic mass is 16.5. The van der Waals surface area contributed by atoms with Gasteiger partial charge in [-0.05, 0) is 13.8 Å². The van der Waals surface area contributed by atoms with Crippen LogP contribution in [0.25, 0.3) is 0 Å². The zero-order valence-corrected chi connectivity index (χ0v) is 9.48. The molecule has 15 heavy (non-hydrogen) atoms. The summed E-state index contributed by atoms with van der Waals surface area (Å²) >= 11 is 0. The van der Waals surface area contributed by atoms with Gasteiger partial charge < -0.3 is 9.26 Å². The lowest BCUT2D eigenvalue weighted by Gasteiger charge is -2.04. The fraction of sp³-hybridized carbons (Fsp3) is 0.700. The first-order chi connectivity index (χ1) is 7.06. The Morgan fingerprint density at radius 1 is 1.47 bits per heavy atom. The summed E-state index contributed by atoms with van der Waals surface area (Å²) in [6.45, 7) is 7.73. The van der Waals surface area contributed by atoms with Crippen LogP contribution in [0, 0.1) is 0 Å².